The maximum absolute atomic E-state index is 12.3. The molecule has 0 N–H and O–H groups in total. The molecule has 0 aromatic heterocycles. The molecule has 0 aliphatic heterocycles. The number of carbonyl (C=O) groups is 1. The molecule has 18 heavy (non-hydrogen) atoms. The van der Waals surface area contributed by atoms with Gasteiger partial charge in [0.2, 0.25) is 0 Å². The van der Waals surface area contributed by atoms with Gasteiger partial charge in [-0.3, -0.25) is 4.79 Å². The molecule has 0 bridgehead atoms. The second-order valence-electron chi connectivity index (χ2n) is 6.61. The van der Waals surface area contributed by atoms with E-state index in [4.69, 9.17) is 0 Å². The minimum absolute atomic E-state index is 0.145. The molecule has 0 radical (unpaired) electrons. The molecule has 1 aliphatic rings. The van der Waals surface area contributed by atoms with Gasteiger partial charge >= 0.3 is 0 Å². The second kappa shape index (κ2) is 4.85. The van der Waals surface area contributed by atoms with Gasteiger partial charge in [0.05, 0.1) is 0 Å². The summed E-state index contributed by atoms with van der Waals surface area (Å²) in [4.78, 5) is 12.3. The van der Waals surface area contributed by atoms with Crippen LogP contribution in [0.1, 0.15) is 22.3 Å². The molecular weight excluding hydrogens is 236 g/mol. The lowest BCUT2D eigenvalue weighted by Gasteiger charge is -2.19. The van der Waals surface area contributed by atoms with E-state index in [9.17, 15) is 4.79 Å². The Labute approximate surface area is 111 Å². The first-order chi connectivity index (χ1) is 8.37. The van der Waals surface area contributed by atoms with Crippen LogP contribution in [0.5, 0.6) is 0 Å². The average Bonchev–Trinajstić information content (AvgIpc) is 2.54. The van der Waals surface area contributed by atoms with Crippen LogP contribution in [0.4, 0.5) is 0 Å². The predicted molar refractivity (Wildman–Crippen MR) is 79.9 cm³/mol. The zero-order valence-electron chi connectivity index (χ0n) is 11.6. The van der Waals surface area contributed by atoms with Crippen molar-refractivity contribution in [1.29, 1.82) is 0 Å². The Morgan fingerprint density at radius 2 is 2.00 bits per heavy atom. The van der Waals surface area contributed by atoms with Crippen molar-refractivity contribution in [2.24, 2.45) is 5.92 Å². The van der Waals surface area contributed by atoms with E-state index in [0.29, 0.717) is 5.78 Å². The van der Waals surface area contributed by atoms with E-state index >= 15 is 0 Å². The molecule has 2 rings (SSSR count). The summed E-state index contributed by atoms with van der Waals surface area (Å²) in [5, 5.41) is 0. The summed E-state index contributed by atoms with van der Waals surface area (Å²) in [6.07, 6.45) is 1.78. The van der Waals surface area contributed by atoms with Crippen molar-refractivity contribution in [3.63, 3.8) is 0 Å². The van der Waals surface area contributed by atoms with Crippen molar-refractivity contribution in [2.75, 3.05) is 0 Å². The van der Waals surface area contributed by atoms with Crippen molar-refractivity contribution in [3.05, 3.63) is 47.5 Å². The number of Topliss-reactive ketones (excluding diaryl/α,β-unsaturated/α-hetero) is 1. The Hall–Kier alpha value is -1.15. The highest BCUT2D eigenvalue weighted by Crippen LogP contribution is 2.32. The Kier molecular flexibility index (Phi) is 3.58. The summed E-state index contributed by atoms with van der Waals surface area (Å²) >= 11 is 0. The lowest BCUT2D eigenvalue weighted by molar-refractivity contribution is 0.0936. The van der Waals surface area contributed by atoms with Crippen molar-refractivity contribution in [1.82, 2.24) is 0 Å². The SMILES string of the molecule is C=C(C[C@H]1Cc2ccccc2C1=O)C[Si](C)(C)C. The first-order valence-corrected chi connectivity index (χ1v) is 10.4. The maximum atomic E-state index is 12.3. The third-order valence-corrected chi connectivity index (χ3v) is 5.00. The monoisotopic (exact) mass is 258 g/mol. The van der Waals surface area contributed by atoms with E-state index < -0.39 is 8.07 Å². The van der Waals surface area contributed by atoms with Crippen LogP contribution in [0, 0.1) is 5.92 Å². The van der Waals surface area contributed by atoms with E-state index in [2.05, 4.69) is 32.3 Å². The van der Waals surface area contributed by atoms with Gasteiger partial charge in [-0.15, -0.1) is 6.58 Å². The molecule has 1 aromatic carbocycles. The van der Waals surface area contributed by atoms with E-state index in [1.54, 1.807) is 0 Å². The molecule has 0 spiro atoms. The molecular formula is C16H22OSi. The van der Waals surface area contributed by atoms with Gasteiger partial charge in [-0.1, -0.05) is 49.5 Å². The number of hydrogen-bond donors (Lipinski definition) is 0. The van der Waals surface area contributed by atoms with E-state index in [1.807, 2.05) is 18.2 Å². The number of hydrogen-bond acceptors (Lipinski definition) is 1. The second-order valence-corrected chi connectivity index (χ2v) is 12.1. The standard InChI is InChI=1S/C16H22OSi/c1-12(11-18(2,3)4)9-14-10-13-7-5-6-8-15(13)16(14)17/h5-8,14H,1,9-11H2,2-4H3/t14-/m0/s1. The number of allylic oxidation sites excluding steroid dienone is 1. The zero-order chi connectivity index (χ0) is 13.3. The van der Waals surface area contributed by atoms with Crippen LogP contribution in [0.2, 0.25) is 25.7 Å². The van der Waals surface area contributed by atoms with Crippen LogP contribution in [-0.4, -0.2) is 13.9 Å². The number of benzene rings is 1. The highest BCUT2D eigenvalue weighted by atomic mass is 28.3. The summed E-state index contributed by atoms with van der Waals surface area (Å²) in [7, 11) is -1.10. The molecule has 0 fully saturated rings. The Balaban J connectivity index is 2.02. The van der Waals surface area contributed by atoms with Crippen molar-refractivity contribution in [2.45, 2.75) is 38.5 Å². The molecule has 0 saturated heterocycles. The average molecular weight is 258 g/mol. The minimum Gasteiger partial charge on any atom is -0.294 e. The Morgan fingerprint density at radius 3 is 2.61 bits per heavy atom. The quantitative estimate of drug-likeness (QED) is 0.580. The Bertz CT molecular complexity index is 482. The van der Waals surface area contributed by atoms with Gasteiger partial charge in [0.25, 0.3) is 0 Å². The molecule has 0 saturated carbocycles. The third kappa shape index (κ3) is 2.99. The van der Waals surface area contributed by atoms with Gasteiger partial charge in [0.15, 0.2) is 5.78 Å². The van der Waals surface area contributed by atoms with Crippen LogP contribution in [-0.2, 0) is 6.42 Å². The molecule has 0 unspecified atom stereocenters. The number of carbonyl (C=O) groups excluding carboxylic acids is 1. The summed E-state index contributed by atoms with van der Waals surface area (Å²) < 4.78 is 0. The van der Waals surface area contributed by atoms with Gasteiger partial charge in [-0.2, -0.15) is 0 Å². The smallest absolute Gasteiger partial charge is 0.166 e. The highest BCUT2D eigenvalue weighted by Gasteiger charge is 2.30. The fourth-order valence-electron chi connectivity index (χ4n) is 2.85. The van der Waals surface area contributed by atoms with Crippen molar-refractivity contribution in [3.8, 4) is 0 Å². The summed E-state index contributed by atoms with van der Waals surface area (Å²) in [6, 6.07) is 9.14. The normalized spacial score (nSPS) is 18.8. The zero-order valence-corrected chi connectivity index (χ0v) is 12.6. The Morgan fingerprint density at radius 1 is 1.33 bits per heavy atom. The first kappa shape index (κ1) is 13.3. The number of ketones is 1. The number of fused-ring (bicyclic) bond motifs is 1. The van der Waals surface area contributed by atoms with Gasteiger partial charge in [0, 0.05) is 19.6 Å². The summed E-state index contributed by atoms with van der Waals surface area (Å²) in [5.41, 5.74) is 3.41. The number of rotatable bonds is 4. The highest BCUT2D eigenvalue weighted by molar-refractivity contribution is 6.76. The molecule has 1 aliphatic carbocycles. The lowest BCUT2D eigenvalue weighted by Crippen LogP contribution is -2.21. The maximum Gasteiger partial charge on any atom is 0.166 e. The molecule has 2 heteroatoms. The topological polar surface area (TPSA) is 17.1 Å². The summed E-state index contributed by atoms with van der Waals surface area (Å²) in [6.45, 7) is 11.2. The van der Waals surface area contributed by atoms with Crippen LogP contribution in [0.3, 0.4) is 0 Å². The minimum atomic E-state index is -1.10. The largest absolute Gasteiger partial charge is 0.294 e. The van der Waals surface area contributed by atoms with E-state index in [-0.39, 0.29) is 5.92 Å². The summed E-state index contributed by atoms with van der Waals surface area (Å²) in [5.74, 6) is 0.466. The van der Waals surface area contributed by atoms with Crippen LogP contribution in [0.15, 0.2) is 36.4 Å². The third-order valence-electron chi connectivity index (χ3n) is 3.44. The molecule has 96 valence electrons. The molecule has 1 nitrogen and oxygen atoms in total. The van der Waals surface area contributed by atoms with Crippen molar-refractivity contribution >= 4 is 13.9 Å². The van der Waals surface area contributed by atoms with E-state index in [0.717, 1.165) is 24.4 Å². The van der Waals surface area contributed by atoms with Crippen LogP contribution < -0.4 is 0 Å². The predicted octanol–water partition coefficient (Wildman–Crippen LogP) is 4.33. The first-order valence-electron chi connectivity index (χ1n) is 6.65. The molecule has 0 heterocycles. The molecule has 0 amide bonds. The van der Waals surface area contributed by atoms with Gasteiger partial charge in [0.1, 0.15) is 0 Å². The fourth-order valence-corrected chi connectivity index (χ4v) is 4.50. The van der Waals surface area contributed by atoms with Crippen LogP contribution >= 0.6 is 0 Å². The van der Waals surface area contributed by atoms with Gasteiger partial charge in [-0.25, -0.2) is 0 Å². The van der Waals surface area contributed by atoms with Crippen LogP contribution in [0.25, 0.3) is 0 Å². The molecule has 1 aromatic rings. The lowest BCUT2D eigenvalue weighted by atomic mass is 9.97. The van der Waals surface area contributed by atoms with Gasteiger partial charge < -0.3 is 0 Å². The van der Waals surface area contributed by atoms with Gasteiger partial charge in [-0.05, 0) is 24.4 Å². The van der Waals surface area contributed by atoms with E-state index in [1.165, 1.54) is 11.1 Å². The fraction of sp³-hybridized carbons (Fsp3) is 0.438. The van der Waals surface area contributed by atoms with Crippen molar-refractivity contribution < 1.29 is 4.79 Å². The molecule has 1 atom stereocenters.